The maximum atomic E-state index is 6.22. The van der Waals surface area contributed by atoms with Crippen LogP contribution in [0.3, 0.4) is 0 Å². The summed E-state index contributed by atoms with van der Waals surface area (Å²) in [5.74, 6) is 0.814. The Morgan fingerprint density at radius 3 is 2.53 bits per heavy atom. The van der Waals surface area contributed by atoms with E-state index in [1.807, 2.05) is 55.5 Å². The lowest BCUT2D eigenvalue weighted by Crippen LogP contribution is -2.12. The molecule has 1 aromatic heterocycles. The molecule has 3 rings (SSSR count). The molecule has 3 aromatic rings. The molecule has 4 heteroatoms. The van der Waals surface area contributed by atoms with Gasteiger partial charge in [-0.3, -0.25) is 4.57 Å². The Labute approximate surface area is 116 Å². The second kappa shape index (κ2) is 4.68. The maximum Gasteiger partial charge on any atom is 0.131 e. The second-order valence-corrected chi connectivity index (χ2v) is 4.94. The molecule has 0 amide bonds. The molecule has 0 unspecified atom stereocenters. The minimum absolute atomic E-state index is 0.163. The lowest BCUT2D eigenvalue weighted by atomic mass is 10.2. The van der Waals surface area contributed by atoms with Crippen LogP contribution in [-0.4, -0.2) is 9.55 Å². The van der Waals surface area contributed by atoms with E-state index in [9.17, 15) is 0 Å². The lowest BCUT2D eigenvalue weighted by molar-refractivity contribution is 0.727. The number of nitrogens with zero attached hydrogens (tertiary/aromatic N) is 2. The predicted octanol–water partition coefficient (Wildman–Crippen LogP) is 3.70. The molecule has 0 saturated heterocycles. The topological polar surface area (TPSA) is 43.8 Å². The number of hydrogen-bond donors (Lipinski definition) is 1. The molecule has 0 aliphatic rings. The van der Waals surface area contributed by atoms with Crippen LogP contribution in [-0.2, 0) is 0 Å². The molecule has 2 N–H and O–H groups in total. The van der Waals surface area contributed by atoms with Crippen molar-refractivity contribution in [1.29, 1.82) is 0 Å². The molecular formula is C15H14ClN3. The van der Waals surface area contributed by atoms with Gasteiger partial charge in [0.25, 0.3) is 0 Å². The second-order valence-electron chi connectivity index (χ2n) is 4.54. The van der Waals surface area contributed by atoms with Gasteiger partial charge in [-0.2, -0.15) is 0 Å². The first kappa shape index (κ1) is 12.2. The first-order valence-corrected chi connectivity index (χ1v) is 6.54. The Morgan fingerprint density at radius 1 is 1.11 bits per heavy atom. The first-order chi connectivity index (χ1) is 9.18. The summed E-state index contributed by atoms with van der Waals surface area (Å²) in [6.07, 6.45) is 0. The lowest BCUT2D eigenvalue weighted by Gasteiger charge is -2.11. The van der Waals surface area contributed by atoms with Crippen LogP contribution >= 0.6 is 11.6 Å². The van der Waals surface area contributed by atoms with Crippen LogP contribution in [0.25, 0.3) is 16.7 Å². The van der Waals surface area contributed by atoms with Crippen molar-refractivity contribution < 1.29 is 0 Å². The van der Waals surface area contributed by atoms with E-state index in [1.54, 1.807) is 0 Å². The molecular weight excluding hydrogens is 258 g/mol. The van der Waals surface area contributed by atoms with Crippen LogP contribution in [0.1, 0.15) is 18.8 Å². The van der Waals surface area contributed by atoms with E-state index >= 15 is 0 Å². The van der Waals surface area contributed by atoms with Gasteiger partial charge in [0.2, 0.25) is 0 Å². The molecule has 3 nitrogen and oxygen atoms in total. The van der Waals surface area contributed by atoms with Gasteiger partial charge < -0.3 is 5.73 Å². The fourth-order valence-electron chi connectivity index (χ4n) is 2.24. The van der Waals surface area contributed by atoms with Crippen molar-refractivity contribution >= 4 is 22.6 Å². The number of hydrogen-bond acceptors (Lipinski definition) is 2. The molecule has 1 heterocycles. The largest absolute Gasteiger partial charge is 0.322 e. The van der Waals surface area contributed by atoms with E-state index in [2.05, 4.69) is 9.55 Å². The molecule has 0 aliphatic heterocycles. The quantitative estimate of drug-likeness (QED) is 0.772. The molecule has 0 bridgehead atoms. The average Bonchev–Trinajstić information content (AvgIpc) is 2.81. The number of nitrogens with two attached hydrogens (primary N) is 1. The first-order valence-electron chi connectivity index (χ1n) is 6.16. The zero-order chi connectivity index (χ0) is 13.4. The number of para-hydroxylation sites is 2. The van der Waals surface area contributed by atoms with Crippen LogP contribution in [0.5, 0.6) is 0 Å². The van der Waals surface area contributed by atoms with E-state index in [1.165, 1.54) is 0 Å². The third-order valence-corrected chi connectivity index (χ3v) is 3.39. The Bertz CT molecular complexity index is 717. The zero-order valence-electron chi connectivity index (χ0n) is 10.5. The molecule has 96 valence electrons. The summed E-state index contributed by atoms with van der Waals surface area (Å²) in [5, 5.41) is 0.647. The summed E-state index contributed by atoms with van der Waals surface area (Å²) < 4.78 is 2.06. The van der Waals surface area contributed by atoms with Crippen LogP contribution in [0.15, 0.2) is 48.5 Å². The maximum absolute atomic E-state index is 6.22. The molecule has 19 heavy (non-hydrogen) atoms. The van der Waals surface area contributed by atoms with Gasteiger partial charge in [0.05, 0.1) is 16.6 Å². The van der Waals surface area contributed by atoms with E-state index in [-0.39, 0.29) is 6.04 Å². The normalized spacial score (nSPS) is 12.8. The zero-order valence-corrected chi connectivity index (χ0v) is 11.3. The Balaban J connectivity index is 2.38. The van der Waals surface area contributed by atoms with Crippen LogP contribution in [0.4, 0.5) is 0 Å². The van der Waals surface area contributed by atoms with Crippen molar-refractivity contribution in [2.75, 3.05) is 0 Å². The predicted molar refractivity (Wildman–Crippen MR) is 78.7 cm³/mol. The molecule has 1 atom stereocenters. The third kappa shape index (κ3) is 2.01. The average molecular weight is 272 g/mol. The summed E-state index contributed by atoms with van der Waals surface area (Å²) in [4.78, 5) is 4.59. The number of benzene rings is 2. The van der Waals surface area contributed by atoms with Crippen molar-refractivity contribution in [1.82, 2.24) is 9.55 Å². The van der Waals surface area contributed by atoms with Gasteiger partial charge in [-0.15, -0.1) is 0 Å². The van der Waals surface area contributed by atoms with Crippen LogP contribution in [0, 0.1) is 0 Å². The minimum Gasteiger partial charge on any atom is -0.322 e. The number of imidazole rings is 1. The van der Waals surface area contributed by atoms with Crippen molar-refractivity contribution in [3.8, 4) is 5.69 Å². The van der Waals surface area contributed by atoms with E-state index in [4.69, 9.17) is 17.3 Å². The monoisotopic (exact) mass is 271 g/mol. The molecule has 2 aromatic carbocycles. The Hall–Kier alpha value is -1.84. The molecule has 0 radical (unpaired) electrons. The molecule has 0 aliphatic carbocycles. The highest BCUT2D eigenvalue weighted by molar-refractivity contribution is 6.34. The third-order valence-electron chi connectivity index (χ3n) is 3.08. The SMILES string of the molecule is C[C@@H](N)c1nc2c(Cl)cccc2n1-c1ccccc1. The number of halogens is 1. The fraction of sp³-hybridized carbons (Fsp3) is 0.133. The van der Waals surface area contributed by atoms with Crippen molar-refractivity contribution in [3.63, 3.8) is 0 Å². The van der Waals surface area contributed by atoms with Crippen molar-refractivity contribution in [2.24, 2.45) is 5.73 Å². The number of rotatable bonds is 2. The van der Waals surface area contributed by atoms with Gasteiger partial charge in [-0.1, -0.05) is 35.9 Å². The van der Waals surface area contributed by atoms with Gasteiger partial charge in [0, 0.05) is 5.69 Å². The fourth-order valence-corrected chi connectivity index (χ4v) is 2.45. The van der Waals surface area contributed by atoms with E-state index in [0.717, 1.165) is 22.5 Å². The van der Waals surface area contributed by atoms with Crippen molar-refractivity contribution in [2.45, 2.75) is 13.0 Å². The highest BCUT2D eigenvalue weighted by Crippen LogP contribution is 2.28. The summed E-state index contributed by atoms with van der Waals surface area (Å²) in [6, 6.07) is 15.7. The van der Waals surface area contributed by atoms with Gasteiger partial charge in [0.15, 0.2) is 0 Å². The van der Waals surface area contributed by atoms with Gasteiger partial charge in [-0.25, -0.2) is 4.98 Å². The highest BCUT2D eigenvalue weighted by Gasteiger charge is 2.16. The smallest absolute Gasteiger partial charge is 0.131 e. The Morgan fingerprint density at radius 2 is 1.84 bits per heavy atom. The van der Waals surface area contributed by atoms with E-state index in [0.29, 0.717) is 5.02 Å². The molecule has 0 spiro atoms. The molecule has 0 saturated carbocycles. The summed E-state index contributed by atoms with van der Waals surface area (Å²) in [5.41, 5.74) is 8.85. The van der Waals surface area contributed by atoms with Gasteiger partial charge in [-0.05, 0) is 31.2 Å². The van der Waals surface area contributed by atoms with E-state index < -0.39 is 0 Å². The summed E-state index contributed by atoms with van der Waals surface area (Å²) in [7, 11) is 0. The van der Waals surface area contributed by atoms with Gasteiger partial charge >= 0.3 is 0 Å². The van der Waals surface area contributed by atoms with Crippen LogP contribution < -0.4 is 5.73 Å². The number of fused-ring (bicyclic) bond motifs is 1. The molecule has 0 fully saturated rings. The van der Waals surface area contributed by atoms with Crippen molar-refractivity contribution in [3.05, 3.63) is 59.4 Å². The highest BCUT2D eigenvalue weighted by atomic mass is 35.5. The van der Waals surface area contributed by atoms with Crippen LogP contribution in [0.2, 0.25) is 5.02 Å². The minimum atomic E-state index is -0.163. The summed E-state index contributed by atoms with van der Waals surface area (Å²) in [6.45, 7) is 1.93. The standard InChI is InChI=1S/C15H14ClN3/c1-10(17)15-18-14-12(16)8-5-9-13(14)19(15)11-6-3-2-4-7-11/h2-10H,17H2,1H3/t10-/m1/s1. The summed E-state index contributed by atoms with van der Waals surface area (Å²) >= 11 is 6.22. The Kier molecular flexibility index (Phi) is 3.01. The van der Waals surface area contributed by atoms with Gasteiger partial charge in [0.1, 0.15) is 11.3 Å². The number of aromatic nitrogens is 2.